The summed E-state index contributed by atoms with van der Waals surface area (Å²) in [4.78, 5) is 43.8. The summed E-state index contributed by atoms with van der Waals surface area (Å²) in [6.07, 6.45) is 4.08. The van der Waals surface area contributed by atoms with Crippen molar-refractivity contribution < 1.29 is 14.5 Å². The summed E-state index contributed by atoms with van der Waals surface area (Å²) in [5.41, 5.74) is 8.47. The molecular formula is C24H27N9O4. The van der Waals surface area contributed by atoms with Crippen LogP contribution in [0.4, 0.5) is 17.3 Å². The second-order valence-electron chi connectivity index (χ2n) is 8.38. The summed E-state index contributed by atoms with van der Waals surface area (Å²) < 4.78 is 3.49. The molecule has 4 rings (SSSR count). The number of primary amides is 1. The number of imidazole rings is 1. The first-order chi connectivity index (χ1) is 17.8. The third kappa shape index (κ3) is 5.55. The van der Waals surface area contributed by atoms with E-state index in [0.29, 0.717) is 60.9 Å². The van der Waals surface area contributed by atoms with Gasteiger partial charge in [-0.05, 0) is 57.0 Å². The Morgan fingerprint density at radius 1 is 1.19 bits per heavy atom. The van der Waals surface area contributed by atoms with Gasteiger partial charge in [-0.1, -0.05) is 0 Å². The van der Waals surface area contributed by atoms with Crippen LogP contribution in [0.2, 0.25) is 0 Å². The fraction of sp³-hybridized carbons (Fsp3) is 0.292. The molecule has 3 aromatic heterocycles. The van der Waals surface area contributed by atoms with E-state index < -0.39 is 10.8 Å². The monoisotopic (exact) mass is 505 g/mol. The summed E-state index contributed by atoms with van der Waals surface area (Å²) >= 11 is 0. The third-order valence-electron chi connectivity index (χ3n) is 5.81. The summed E-state index contributed by atoms with van der Waals surface area (Å²) in [6, 6.07) is 8.23. The normalized spacial score (nSPS) is 11.0. The maximum atomic E-state index is 13.1. The second kappa shape index (κ2) is 10.8. The Morgan fingerprint density at radius 3 is 2.73 bits per heavy atom. The van der Waals surface area contributed by atoms with Crippen LogP contribution in [0.3, 0.4) is 0 Å². The Morgan fingerprint density at radius 2 is 2.00 bits per heavy atom. The van der Waals surface area contributed by atoms with Crippen molar-refractivity contribution in [3.63, 3.8) is 0 Å². The molecule has 0 saturated heterocycles. The number of pyridine rings is 1. The molecule has 4 N–H and O–H groups in total. The van der Waals surface area contributed by atoms with Gasteiger partial charge in [0, 0.05) is 31.4 Å². The van der Waals surface area contributed by atoms with Gasteiger partial charge in [0.25, 0.3) is 5.91 Å². The highest BCUT2D eigenvalue weighted by atomic mass is 16.6. The van der Waals surface area contributed by atoms with E-state index in [1.54, 1.807) is 35.0 Å². The number of nitrogens with two attached hydrogens (primary N) is 1. The van der Waals surface area contributed by atoms with Crippen LogP contribution in [-0.4, -0.2) is 47.6 Å². The molecule has 13 nitrogen and oxygen atoms in total. The molecular weight excluding hydrogens is 478 g/mol. The van der Waals surface area contributed by atoms with Crippen molar-refractivity contribution >= 4 is 40.2 Å². The van der Waals surface area contributed by atoms with E-state index in [9.17, 15) is 19.7 Å². The molecule has 37 heavy (non-hydrogen) atoms. The molecule has 192 valence electrons. The standard InChI is InChI=1S/C24H27N9O4/c1-3-32-20(12-15(2)30-32)23(35)29-24-28-18-13-16(22(25)34)6-7-19(18)31(24)11-5-4-9-27-17-8-10-26-14-21(17)33(36)37/h6-8,10,12-14H,3-5,9,11H2,1-2H3,(H2,25,34)(H,26,27)(H,28,29,35). The van der Waals surface area contributed by atoms with Gasteiger partial charge in [0.1, 0.15) is 17.6 Å². The van der Waals surface area contributed by atoms with E-state index >= 15 is 0 Å². The van der Waals surface area contributed by atoms with Gasteiger partial charge in [-0.25, -0.2) is 4.98 Å². The number of hydrogen-bond donors (Lipinski definition) is 3. The number of nitro groups is 1. The molecule has 0 spiro atoms. The van der Waals surface area contributed by atoms with Crippen molar-refractivity contribution in [3.8, 4) is 0 Å². The van der Waals surface area contributed by atoms with Gasteiger partial charge in [-0.3, -0.25) is 34.7 Å². The summed E-state index contributed by atoms with van der Waals surface area (Å²) in [5.74, 6) is -0.581. The lowest BCUT2D eigenvalue weighted by atomic mass is 10.2. The number of anilines is 2. The van der Waals surface area contributed by atoms with E-state index in [2.05, 4.69) is 25.7 Å². The highest BCUT2D eigenvalue weighted by Crippen LogP contribution is 2.24. The number of unbranched alkanes of at least 4 members (excludes halogenated alkanes) is 1. The number of nitrogens with zero attached hydrogens (tertiary/aromatic N) is 6. The van der Waals surface area contributed by atoms with Gasteiger partial charge in [0.2, 0.25) is 11.9 Å². The zero-order valence-corrected chi connectivity index (χ0v) is 20.5. The van der Waals surface area contributed by atoms with Crippen LogP contribution in [0, 0.1) is 17.0 Å². The maximum absolute atomic E-state index is 13.1. The minimum absolute atomic E-state index is 0.0834. The molecule has 0 aliphatic heterocycles. The second-order valence-corrected chi connectivity index (χ2v) is 8.38. The van der Waals surface area contributed by atoms with E-state index in [4.69, 9.17) is 5.73 Å². The molecule has 0 atom stereocenters. The number of benzene rings is 1. The minimum Gasteiger partial charge on any atom is -0.379 e. The Bertz CT molecular complexity index is 1470. The van der Waals surface area contributed by atoms with Crippen LogP contribution in [0.15, 0.2) is 42.7 Å². The molecule has 0 radical (unpaired) electrons. The van der Waals surface area contributed by atoms with Crippen LogP contribution >= 0.6 is 0 Å². The van der Waals surface area contributed by atoms with Crippen LogP contribution in [0.1, 0.15) is 46.3 Å². The maximum Gasteiger partial charge on any atom is 0.310 e. The van der Waals surface area contributed by atoms with E-state index in [0.717, 1.165) is 11.2 Å². The van der Waals surface area contributed by atoms with E-state index in [-0.39, 0.29) is 11.6 Å². The Kier molecular flexibility index (Phi) is 7.41. The summed E-state index contributed by atoms with van der Waals surface area (Å²) in [7, 11) is 0. The Labute approximate surface area is 211 Å². The van der Waals surface area contributed by atoms with Crippen molar-refractivity contribution in [2.45, 2.75) is 39.8 Å². The van der Waals surface area contributed by atoms with Crippen LogP contribution < -0.4 is 16.4 Å². The summed E-state index contributed by atoms with van der Waals surface area (Å²) in [5, 5.41) is 21.5. The Hall–Kier alpha value is -4.81. The van der Waals surface area contributed by atoms with Gasteiger partial charge in [-0.15, -0.1) is 0 Å². The quantitative estimate of drug-likeness (QED) is 0.158. The zero-order chi connectivity index (χ0) is 26.5. The lowest BCUT2D eigenvalue weighted by Crippen LogP contribution is -2.20. The van der Waals surface area contributed by atoms with Gasteiger partial charge in [0.05, 0.1) is 21.7 Å². The molecule has 3 heterocycles. The van der Waals surface area contributed by atoms with Crippen LogP contribution in [-0.2, 0) is 13.1 Å². The predicted octanol–water partition coefficient (Wildman–Crippen LogP) is 3.11. The fourth-order valence-corrected chi connectivity index (χ4v) is 4.04. The van der Waals surface area contributed by atoms with Crippen molar-refractivity contribution in [2.75, 3.05) is 17.2 Å². The number of fused-ring (bicyclic) bond motifs is 1. The number of carbonyl (C=O) groups is 2. The van der Waals surface area contributed by atoms with Crippen molar-refractivity contribution in [1.82, 2.24) is 24.3 Å². The van der Waals surface area contributed by atoms with Gasteiger partial charge in [-0.2, -0.15) is 5.10 Å². The molecule has 4 aromatic rings. The smallest absolute Gasteiger partial charge is 0.310 e. The minimum atomic E-state index is -0.569. The number of nitrogens with one attached hydrogen (secondary N) is 2. The van der Waals surface area contributed by atoms with E-state index in [1.165, 1.54) is 12.4 Å². The number of rotatable bonds is 11. The average Bonchev–Trinajstić information content (AvgIpc) is 3.43. The van der Waals surface area contributed by atoms with Crippen LogP contribution in [0.5, 0.6) is 0 Å². The largest absolute Gasteiger partial charge is 0.379 e. The van der Waals surface area contributed by atoms with Crippen LogP contribution in [0.25, 0.3) is 11.0 Å². The average molecular weight is 506 g/mol. The first-order valence-corrected chi connectivity index (χ1v) is 11.8. The fourth-order valence-electron chi connectivity index (χ4n) is 4.04. The number of hydrogen-bond acceptors (Lipinski definition) is 8. The highest BCUT2D eigenvalue weighted by molar-refractivity contribution is 6.03. The predicted molar refractivity (Wildman–Crippen MR) is 137 cm³/mol. The molecule has 0 aliphatic carbocycles. The molecule has 13 heteroatoms. The zero-order valence-electron chi connectivity index (χ0n) is 20.5. The topological polar surface area (TPSA) is 176 Å². The number of carbonyl (C=O) groups excluding carboxylic acids is 2. The highest BCUT2D eigenvalue weighted by Gasteiger charge is 2.19. The molecule has 0 unspecified atom stereocenters. The SMILES string of the molecule is CCn1nc(C)cc1C(=O)Nc1nc2cc(C(N)=O)ccc2n1CCCCNc1ccncc1[N+](=O)[O-]. The Balaban J connectivity index is 1.52. The molecule has 0 fully saturated rings. The number of amides is 2. The molecule has 0 saturated carbocycles. The third-order valence-corrected chi connectivity index (χ3v) is 5.81. The first kappa shape index (κ1) is 25.3. The summed E-state index contributed by atoms with van der Waals surface area (Å²) in [6.45, 7) is 5.27. The van der Waals surface area contributed by atoms with Gasteiger partial charge >= 0.3 is 5.69 Å². The van der Waals surface area contributed by atoms with Crippen molar-refractivity contribution in [2.24, 2.45) is 5.73 Å². The van der Waals surface area contributed by atoms with Gasteiger partial charge in [0.15, 0.2) is 0 Å². The molecule has 1 aromatic carbocycles. The number of aryl methyl sites for hydroxylation is 3. The molecule has 2 amide bonds. The molecule has 0 bridgehead atoms. The molecule has 0 aliphatic rings. The van der Waals surface area contributed by atoms with Crippen molar-refractivity contribution in [3.05, 3.63) is 69.8 Å². The number of aromatic nitrogens is 5. The van der Waals surface area contributed by atoms with Crippen molar-refractivity contribution in [1.29, 1.82) is 0 Å². The lowest BCUT2D eigenvalue weighted by Gasteiger charge is -2.11. The van der Waals surface area contributed by atoms with Gasteiger partial charge < -0.3 is 15.6 Å². The lowest BCUT2D eigenvalue weighted by molar-refractivity contribution is -0.384. The first-order valence-electron chi connectivity index (χ1n) is 11.8. The van der Waals surface area contributed by atoms with E-state index in [1.807, 2.05) is 18.4 Å².